The Morgan fingerprint density at radius 1 is 1.35 bits per heavy atom. The van der Waals surface area contributed by atoms with Gasteiger partial charge in [0.25, 0.3) is 0 Å². The van der Waals surface area contributed by atoms with Gasteiger partial charge < -0.3 is 8.98 Å². The molecule has 0 spiro atoms. The van der Waals surface area contributed by atoms with Crippen molar-refractivity contribution >= 4 is 22.6 Å². The van der Waals surface area contributed by atoms with E-state index in [-0.39, 0.29) is 0 Å². The second-order valence-electron chi connectivity index (χ2n) is 5.40. The molecule has 0 aliphatic heterocycles. The van der Waals surface area contributed by atoms with Gasteiger partial charge in [0.15, 0.2) is 17.8 Å². The van der Waals surface area contributed by atoms with Crippen LogP contribution in [0, 0.1) is 19.1 Å². The summed E-state index contributed by atoms with van der Waals surface area (Å²) < 4.78 is 7.59. The van der Waals surface area contributed by atoms with Gasteiger partial charge in [-0.3, -0.25) is 0 Å². The number of fused-ring (bicyclic) bond motifs is 1. The van der Waals surface area contributed by atoms with Crippen molar-refractivity contribution in [2.24, 2.45) is 5.92 Å². The van der Waals surface area contributed by atoms with Crippen LogP contribution in [0.1, 0.15) is 19.4 Å². The number of furan rings is 1. The largest absolute Gasteiger partial charge is 0.450 e. The molecule has 1 aromatic carbocycles. The number of aryl methyl sites for hydroxylation is 1. The van der Waals surface area contributed by atoms with Crippen molar-refractivity contribution < 1.29 is 4.42 Å². The minimum Gasteiger partial charge on any atom is -0.450 e. The molecule has 0 saturated heterocycles. The Bertz CT molecular complexity index is 742. The lowest BCUT2D eigenvalue weighted by Gasteiger charge is -2.10. The highest BCUT2D eigenvalue weighted by Crippen LogP contribution is 2.30. The van der Waals surface area contributed by atoms with Crippen LogP contribution in [-0.2, 0) is 6.54 Å². The fourth-order valence-electron chi connectivity index (χ4n) is 2.40. The lowest BCUT2D eigenvalue weighted by Crippen LogP contribution is -2.05. The van der Waals surface area contributed by atoms with Crippen LogP contribution in [0.2, 0.25) is 5.02 Å². The van der Waals surface area contributed by atoms with Crippen molar-refractivity contribution in [1.29, 1.82) is 0 Å². The highest BCUT2D eigenvalue weighted by molar-refractivity contribution is 6.32. The Kier molecular flexibility index (Phi) is 3.30. The van der Waals surface area contributed by atoms with Crippen molar-refractivity contribution in [2.75, 3.05) is 0 Å². The lowest BCUT2D eigenvalue weighted by molar-refractivity contribution is 0.520. The van der Waals surface area contributed by atoms with Crippen LogP contribution in [0.15, 0.2) is 28.7 Å². The zero-order chi connectivity index (χ0) is 14.3. The Labute approximate surface area is 123 Å². The van der Waals surface area contributed by atoms with Crippen LogP contribution in [0.3, 0.4) is 0 Å². The fourth-order valence-corrected chi connectivity index (χ4v) is 2.55. The summed E-state index contributed by atoms with van der Waals surface area (Å²) in [6.45, 7) is 7.25. The van der Waals surface area contributed by atoms with E-state index in [1.165, 1.54) is 0 Å². The summed E-state index contributed by atoms with van der Waals surface area (Å²) in [5.41, 5.74) is 3.03. The summed E-state index contributed by atoms with van der Waals surface area (Å²) in [5, 5.41) is 0.740. The summed E-state index contributed by atoms with van der Waals surface area (Å²) >= 11 is 6.20. The molecule has 0 bridgehead atoms. The van der Waals surface area contributed by atoms with Crippen LogP contribution in [0.5, 0.6) is 0 Å². The molecule has 103 valence electrons. The van der Waals surface area contributed by atoms with E-state index in [2.05, 4.69) is 24.7 Å². The minimum atomic E-state index is 0.515. The third-order valence-electron chi connectivity index (χ3n) is 3.35. The van der Waals surface area contributed by atoms with Crippen molar-refractivity contribution in [1.82, 2.24) is 9.55 Å². The predicted octanol–water partition coefficient (Wildman–Crippen LogP) is 4.71. The van der Waals surface area contributed by atoms with Gasteiger partial charge in [-0.2, -0.15) is 0 Å². The average Bonchev–Trinajstić information content (AvgIpc) is 3.01. The molecule has 0 fully saturated rings. The molecular weight excluding hydrogens is 272 g/mol. The first-order valence-corrected chi connectivity index (χ1v) is 7.07. The van der Waals surface area contributed by atoms with Gasteiger partial charge in [-0.05, 0) is 42.7 Å². The smallest absolute Gasteiger partial charge is 0.177 e. The highest BCUT2D eigenvalue weighted by Gasteiger charge is 2.17. The second-order valence-corrected chi connectivity index (χ2v) is 5.80. The zero-order valence-corrected chi connectivity index (χ0v) is 12.5. The molecule has 0 atom stereocenters. The SMILES string of the molecule is Cc1c(Cl)ccc2c1nc(-c1cc[c]o1)n2CC(C)C. The zero-order valence-electron chi connectivity index (χ0n) is 11.8. The first kappa shape index (κ1) is 13.3. The standard InChI is InChI=1S/C16H16ClN2O/c1-10(2)9-19-13-7-6-12(17)11(3)15(13)18-16(19)14-5-4-8-20-14/h4-7,10H,9H2,1-3H3. The molecule has 3 rings (SSSR count). The monoisotopic (exact) mass is 287 g/mol. The van der Waals surface area contributed by atoms with E-state index < -0.39 is 0 Å². The molecule has 4 heteroatoms. The summed E-state index contributed by atoms with van der Waals surface area (Å²) in [4.78, 5) is 4.73. The van der Waals surface area contributed by atoms with Crippen molar-refractivity contribution in [3.8, 4) is 11.6 Å². The molecule has 2 heterocycles. The van der Waals surface area contributed by atoms with E-state index in [0.717, 1.165) is 39.7 Å². The van der Waals surface area contributed by atoms with Gasteiger partial charge in [0.1, 0.15) is 0 Å². The van der Waals surface area contributed by atoms with Crippen LogP contribution >= 0.6 is 11.6 Å². The summed E-state index contributed by atoms with van der Waals surface area (Å²) in [5.74, 6) is 2.08. The molecule has 0 aliphatic carbocycles. The summed E-state index contributed by atoms with van der Waals surface area (Å²) in [7, 11) is 0. The van der Waals surface area contributed by atoms with Gasteiger partial charge in [0.05, 0.1) is 11.0 Å². The van der Waals surface area contributed by atoms with Crippen molar-refractivity contribution in [3.05, 3.63) is 41.1 Å². The topological polar surface area (TPSA) is 31.0 Å². The minimum absolute atomic E-state index is 0.515. The molecule has 1 radical (unpaired) electrons. The Morgan fingerprint density at radius 2 is 2.15 bits per heavy atom. The number of hydrogen-bond donors (Lipinski definition) is 0. The predicted molar refractivity (Wildman–Crippen MR) is 80.9 cm³/mol. The molecule has 0 amide bonds. The highest BCUT2D eigenvalue weighted by atomic mass is 35.5. The third kappa shape index (κ3) is 2.12. The number of benzene rings is 1. The first-order valence-electron chi connectivity index (χ1n) is 6.69. The Hall–Kier alpha value is -1.74. The van der Waals surface area contributed by atoms with Gasteiger partial charge in [-0.1, -0.05) is 25.4 Å². The number of rotatable bonds is 3. The average molecular weight is 288 g/mol. The quantitative estimate of drug-likeness (QED) is 0.698. The number of imidazole rings is 1. The van der Waals surface area contributed by atoms with E-state index in [1.807, 2.05) is 25.1 Å². The van der Waals surface area contributed by atoms with Crippen LogP contribution in [0.25, 0.3) is 22.6 Å². The third-order valence-corrected chi connectivity index (χ3v) is 3.76. The Balaban J connectivity index is 2.30. The van der Waals surface area contributed by atoms with E-state index >= 15 is 0 Å². The van der Waals surface area contributed by atoms with Crippen molar-refractivity contribution in [2.45, 2.75) is 27.3 Å². The van der Waals surface area contributed by atoms with Crippen LogP contribution in [-0.4, -0.2) is 9.55 Å². The first-order chi connectivity index (χ1) is 9.58. The molecule has 0 aliphatic rings. The second kappa shape index (κ2) is 4.98. The lowest BCUT2D eigenvalue weighted by atomic mass is 10.2. The Morgan fingerprint density at radius 3 is 2.80 bits per heavy atom. The number of aromatic nitrogens is 2. The van der Waals surface area contributed by atoms with Crippen LogP contribution in [0.4, 0.5) is 0 Å². The number of hydrogen-bond acceptors (Lipinski definition) is 2. The van der Waals surface area contributed by atoms with E-state index in [1.54, 1.807) is 6.07 Å². The van der Waals surface area contributed by atoms with Gasteiger partial charge in [-0.25, -0.2) is 4.98 Å². The summed E-state index contributed by atoms with van der Waals surface area (Å²) in [6.07, 6.45) is 2.72. The van der Waals surface area contributed by atoms with Crippen LogP contribution < -0.4 is 0 Å². The van der Waals surface area contributed by atoms with Gasteiger partial charge in [0, 0.05) is 11.6 Å². The van der Waals surface area contributed by atoms with Gasteiger partial charge in [0.2, 0.25) is 0 Å². The fraction of sp³-hybridized carbons (Fsp3) is 0.312. The maximum absolute atomic E-state index is 6.20. The summed E-state index contributed by atoms with van der Waals surface area (Å²) in [6, 6.07) is 7.59. The maximum Gasteiger partial charge on any atom is 0.177 e. The van der Waals surface area contributed by atoms with Gasteiger partial charge in [-0.15, -0.1) is 0 Å². The molecule has 0 N–H and O–H groups in total. The molecular formula is C16H16ClN2O. The molecule has 0 saturated carbocycles. The number of halogens is 1. The van der Waals surface area contributed by atoms with E-state index in [4.69, 9.17) is 21.0 Å². The van der Waals surface area contributed by atoms with Crippen molar-refractivity contribution in [3.63, 3.8) is 0 Å². The molecule has 0 unspecified atom stereocenters. The molecule has 3 aromatic rings. The number of nitrogens with zero attached hydrogens (tertiary/aromatic N) is 2. The van der Waals surface area contributed by atoms with E-state index in [9.17, 15) is 0 Å². The molecule has 2 aromatic heterocycles. The van der Waals surface area contributed by atoms with Gasteiger partial charge >= 0.3 is 0 Å². The molecule has 20 heavy (non-hydrogen) atoms. The normalized spacial score (nSPS) is 11.7. The maximum atomic E-state index is 6.20. The van der Waals surface area contributed by atoms with E-state index in [0.29, 0.717) is 5.92 Å². The molecule has 3 nitrogen and oxygen atoms in total.